The topological polar surface area (TPSA) is 95.3 Å². The summed E-state index contributed by atoms with van der Waals surface area (Å²) in [4.78, 5) is 36.7. The van der Waals surface area contributed by atoms with E-state index in [1.807, 2.05) is 56.9 Å². The van der Waals surface area contributed by atoms with Crippen molar-refractivity contribution in [3.8, 4) is 11.4 Å². The highest BCUT2D eigenvalue weighted by Crippen LogP contribution is 2.25. The quantitative estimate of drug-likeness (QED) is 0.614. The average molecular weight is 436 g/mol. The number of H-pyrrole nitrogens is 1. The number of piperazine rings is 1. The number of amides is 1. The van der Waals surface area contributed by atoms with Crippen LogP contribution in [0.25, 0.3) is 11.4 Å². The van der Waals surface area contributed by atoms with Gasteiger partial charge in [0.15, 0.2) is 5.78 Å². The first-order valence-corrected chi connectivity index (χ1v) is 10.9. The van der Waals surface area contributed by atoms with Gasteiger partial charge >= 0.3 is 0 Å². The zero-order valence-corrected chi connectivity index (χ0v) is 19.2. The lowest BCUT2D eigenvalue weighted by Crippen LogP contribution is -2.49. The number of nitrogens with one attached hydrogen (secondary N) is 1. The van der Waals surface area contributed by atoms with Crippen molar-refractivity contribution in [2.45, 2.75) is 40.7 Å². The normalized spacial score (nSPS) is 15.7. The van der Waals surface area contributed by atoms with Gasteiger partial charge in [0.05, 0.1) is 6.04 Å². The third-order valence-electron chi connectivity index (χ3n) is 6.26. The summed E-state index contributed by atoms with van der Waals surface area (Å²) in [6.07, 6.45) is 0. The smallest absolute Gasteiger partial charge is 0.270 e. The third-order valence-corrected chi connectivity index (χ3v) is 6.26. The summed E-state index contributed by atoms with van der Waals surface area (Å²) in [6.45, 7) is 11.9. The first kappa shape index (κ1) is 22.0. The molecule has 8 heteroatoms. The van der Waals surface area contributed by atoms with E-state index in [0.717, 1.165) is 16.8 Å². The van der Waals surface area contributed by atoms with Crippen LogP contribution in [-0.2, 0) is 0 Å². The molecule has 2 aromatic heterocycles. The molecule has 1 N–H and O–H groups in total. The van der Waals surface area contributed by atoms with E-state index < -0.39 is 0 Å². The van der Waals surface area contributed by atoms with Crippen LogP contribution in [0.2, 0.25) is 0 Å². The van der Waals surface area contributed by atoms with Gasteiger partial charge in [0, 0.05) is 43.0 Å². The van der Waals surface area contributed by atoms with Gasteiger partial charge in [-0.2, -0.15) is 4.98 Å². The zero-order valence-electron chi connectivity index (χ0n) is 19.2. The van der Waals surface area contributed by atoms with Crippen LogP contribution in [0, 0.1) is 20.8 Å². The molecule has 1 aliphatic heterocycles. The summed E-state index contributed by atoms with van der Waals surface area (Å²) >= 11 is 0. The molecule has 1 aromatic carbocycles. The maximum absolute atomic E-state index is 13.1. The summed E-state index contributed by atoms with van der Waals surface area (Å²) in [6, 6.07) is 7.98. The van der Waals surface area contributed by atoms with Gasteiger partial charge in [0.25, 0.3) is 5.91 Å². The minimum atomic E-state index is -0.0650. The predicted molar refractivity (Wildman–Crippen MR) is 121 cm³/mol. The number of hydrogen-bond acceptors (Lipinski definition) is 6. The molecule has 1 unspecified atom stereocenters. The van der Waals surface area contributed by atoms with E-state index in [1.165, 1.54) is 12.5 Å². The van der Waals surface area contributed by atoms with Crippen molar-refractivity contribution in [2.75, 3.05) is 26.2 Å². The Morgan fingerprint density at radius 1 is 1.06 bits per heavy atom. The number of hydrogen-bond donors (Lipinski definition) is 1. The second-order valence-corrected chi connectivity index (χ2v) is 8.51. The van der Waals surface area contributed by atoms with Crippen molar-refractivity contribution >= 4 is 11.7 Å². The van der Waals surface area contributed by atoms with Gasteiger partial charge < -0.3 is 14.4 Å². The van der Waals surface area contributed by atoms with Crippen LogP contribution in [0.1, 0.15) is 63.4 Å². The standard InChI is InChI=1S/C24H29N5O3/c1-14-6-8-19(9-7-14)22-26-23(32-27-22)17(4)28-10-12-29(13-11-28)24(31)21-15(2)20(18(5)30)16(3)25-21/h6-9,17,25H,10-13H2,1-5H3. The fourth-order valence-corrected chi connectivity index (χ4v) is 4.34. The number of carbonyl (C=O) groups excluding carboxylic acids is 2. The SMILES string of the molecule is CC(=O)c1c(C)[nH]c(C(=O)N2CCN(C(C)c3nc(-c4ccc(C)cc4)no3)CC2)c1C. The van der Waals surface area contributed by atoms with Gasteiger partial charge in [-0.3, -0.25) is 14.5 Å². The van der Waals surface area contributed by atoms with E-state index in [1.54, 1.807) is 0 Å². The lowest BCUT2D eigenvalue weighted by Gasteiger charge is -2.36. The Kier molecular flexibility index (Phi) is 5.97. The van der Waals surface area contributed by atoms with Crippen molar-refractivity contribution in [1.29, 1.82) is 0 Å². The van der Waals surface area contributed by atoms with Crippen molar-refractivity contribution in [2.24, 2.45) is 0 Å². The van der Waals surface area contributed by atoms with Crippen LogP contribution in [0.4, 0.5) is 0 Å². The van der Waals surface area contributed by atoms with E-state index in [2.05, 4.69) is 20.0 Å². The van der Waals surface area contributed by atoms with Crippen LogP contribution >= 0.6 is 0 Å². The molecule has 3 aromatic rings. The second-order valence-electron chi connectivity index (χ2n) is 8.51. The molecule has 4 rings (SSSR count). The van der Waals surface area contributed by atoms with Crippen LogP contribution < -0.4 is 0 Å². The number of aryl methyl sites for hydroxylation is 2. The Bertz CT molecular complexity index is 1140. The molecule has 1 saturated heterocycles. The third kappa shape index (κ3) is 4.10. The minimum absolute atomic E-state index is 0.0292. The number of nitrogens with zero attached hydrogens (tertiary/aromatic N) is 4. The molecule has 0 bridgehead atoms. The molecule has 32 heavy (non-hydrogen) atoms. The summed E-state index contributed by atoms with van der Waals surface area (Å²) in [7, 11) is 0. The van der Waals surface area contributed by atoms with E-state index in [4.69, 9.17) is 4.52 Å². The van der Waals surface area contributed by atoms with Gasteiger partial charge in [0.1, 0.15) is 5.69 Å². The number of carbonyl (C=O) groups is 2. The van der Waals surface area contributed by atoms with Crippen molar-refractivity contribution in [3.05, 3.63) is 58.2 Å². The van der Waals surface area contributed by atoms with Crippen LogP contribution in [0.15, 0.2) is 28.8 Å². The molecule has 0 spiro atoms. The van der Waals surface area contributed by atoms with E-state index in [0.29, 0.717) is 49.2 Å². The van der Waals surface area contributed by atoms with Crippen molar-refractivity contribution < 1.29 is 14.1 Å². The molecule has 0 aliphatic carbocycles. The number of Topliss-reactive ketones (excluding diaryl/α,β-unsaturated/α-hetero) is 1. The van der Waals surface area contributed by atoms with Gasteiger partial charge in [-0.1, -0.05) is 35.0 Å². The van der Waals surface area contributed by atoms with Crippen LogP contribution in [0.5, 0.6) is 0 Å². The Balaban J connectivity index is 1.41. The maximum atomic E-state index is 13.1. The fraction of sp³-hybridized carbons (Fsp3) is 0.417. The van der Waals surface area contributed by atoms with Crippen LogP contribution in [0.3, 0.4) is 0 Å². The number of ketones is 1. The Hall–Kier alpha value is -3.26. The highest BCUT2D eigenvalue weighted by molar-refractivity contribution is 6.02. The molecule has 3 heterocycles. The molecule has 0 saturated carbocycles. The fourth-order valence-electron chi connectivity index (χ4n) is 4.34. The highest BCUT2D eigenvalue weighted by atomic mass is 16.5. The second kappa shape index (κ2) is 8.70. The molecule has 1 atom stereocenters. The Labute approximate surface area is 187 Å². The monoisotopic (exact) mass is 435 g/mol. The first-order chi connectivity index (χ1) is 15.3. The van der Waals surface area contributed by atoms with Gasteiger partial charge in [-0.15, -0.1) is 0 Å². The summed E-state index contributed by atoms with van der Waals surface area (Å²) in [5.74, 6) is 1.06. The number of aromatic amines is 1. The largest absolute Gasteiger partial charge is 0.354 e. The molecule has 0 radical (unpaired) electrons. The van der Waals surface area contributed by atoms with Gasteiger partial charge in [-0.05, 0) is 40.2 Å². The lowest BCUT2D eigenvalue weighted by molar-refractivity contribution is 0.0546. The predicted octanol–water partition coefficient (Wildman–Crippen LogP) is 3.71. The number of aromatic nitrogens is 3. The molecule has 1 aliphatic rings. The van der Waals surface area contributed by atoms with E-state index >= 15 is 0 Å². The molecule has 1 fully saturated rings. The first-order valence-electron chi connectivity index (χ1n) is 10.9. The van der Waals surface area contributed by atoms with E-state index in [-0.39, 0.29) is 17.7 Å². The summed E-state index contributed by atoms with van der Waals surface area (Å²) in [5, 5.41) is 4.14. The molecular formula is C24H29N5O3. The number of benzene rings is 1. The molecular weight excluding hydrogens is 406 g/mol. The van der Waals surface area contributed by atoms with Crippen LogP contribution in [-0.4, -0.2) is 62.8 Å². The molecule has 8 nitrogen and oxygen atoms in total. The summed E-state index contributed by atoms with van der Waals surface area (Å²) < 4.78 is 5.54. The Morgan fingerprint density at radius 2 is 1.72 bits per heavy atom. The Morgan fingerprint density at radius 3 is 2.31 bits per heavy atom. The molecule has 168 valence electrons. The van der Waals surface area contributed by atoms with Gasteiger partial charge in [0.2, 0.25) is 11.7 Å². The zero-order chi connectivity index (χ0) is 23.0. The maximum Gasteiger partial charge on any atom is 0.270 e. The van der Waals surface area contributed by atoms with Gasteiger partial charge in [-0.25, -0.2) is 0 Å². The molecule has 1 amide bonds. The minimum Gasteiger partial charge on any atom is -0.354 e. The lowest BCUT2D eigenvalue weighted by atomic mass is 10.1. The van der Waals surface area contributed by atoms with Crippen molar-refractivity contribution in [1.82, 2.24) is 24.9 Å². The van der Waals surface area contributed by atoms with Crippen molar-refractivity contribution in [3.63, 3.8) is 0 Å². The van der Waals surface area contributed by atoms with E-state index in [9.17, 15) is 9.59 Å². The average Bonchev–Trinajstić information content (AvgIpc) is 3.38. The number of rotatable bonds is 5. The highest BCUT2D eigenvalue weighted by Gasteiger charge is 2.30. The summed E-state index contributed by atoms with van der Waals surface area (Å²) in [5.41, 5.74) is 4.70.